The lowest BCUT2D eigenvalue weighted by Gasteiger charge is -2.17. The Morgan fingerprint density at radius 1 is 1.00 bits per heavy atom. The van der Waals surface area contributed by atoms with Crippen LogP contribution in [0.25, 0.3) is 0 Å². The Bertz CT molecular complexity index is 740. The summed E-state index contributed by atoms with van der Waals surface area (Å²) in [6.07, 6.45) is -0.0116. The second-order valence-electron chi connectivity index (χ2n) is 5.36. The van der Waals surface area contributed by atoms with Crippen LogP contribution in [-0.2, 0) is 14.3 Å². The van der Waals surface area contributed by atoms with Crippen molar-refractivity contribution in [3.8, 4) is 5.75 Å². The second-order valence-corrected chi connectivity index (χ2v) is 5.36. The SMILES string of the molecule is COC(=O)c1ccc(OC(=O)C[C@H](NC(C)=O)c2ccccc2)cc1. The monoisotopic (exact) mass is 341 g/mol. The number of benzene rings is 2. The summed E-state index contributed by atoms with van der Waals surface area (Å²) in [6, 6.07) is 14.8. The summed E-state index contributed by atoms with van der Waals surface area (Å²) in [5.41, 5.74) is 1.18. The molecule has 0 aliphatic heterocycles. The number of carbonyl (C=O) groups excluding carboxylic acids is 3. The molecule has 0 unspecified atom stereocenters. The lowest BCUT2D eigenvalue weighted by Crippen LogP contribution is -2.29. The molecule has 6 heteroatoms. The molecule has 0 saturated carbocycles. The molecule has 2 aromatic rings. The van der Waals surface area contributed by atoms with E-state index in [1.165, 1.54) is 38.3 Å². The Morgan fingerprint density at radius 3 is 2.20 bits per heavy atom. The van der Waals surface area contributed by atoms with Crippen LogP contribution in [0.2, 0.25) is 0 Å². The Hall–Kier alpha value is -3.15. The van der Waals surface area contributed by atoms with Crippen LogP contribution in [-0.4, -0.2) is 25.0 Å². The molecule has 0 fully saturated rings. The van der Waals surface area contributed by atoms with Crippen molar-refractivity contribution in [2.45, 2.75) is 19.4 Å². The predicted molar refractivity (Wildman–Crippen MR) is 91.0 cm³/mol. The number of hydrogen-bond acceptors (Lipinski definition) is 5. The van der Waals surface area contributed by atoms with Gasteiger partial charge in [0.25, 0.3) is 0 Å². The molecule has 0 aliphatic rings. The van der Waals surface area contributed by atoms with E-state index in [2.05, 4.69) is 10.1 Å². The number of methoxy groups -OCH3 is 1. The minimum atomic E-state index is -0.492. The summed E-state index contributed by atoms with van der Waals surface area (Å²) in [5, 5.41) is 2.74. The van der Waals surface area contributed by atoms with Crippen molar-refractivity contribution in [3.63, 3.8) is 0 Å². The molecule has 0 aromatic heterocycles. The van der Waals surface area contributed by atoms with Gasteiger partial charge in [0.1, 0.15) is 5.75 Å². The molecule has 25 heavy (non-hydrogen) atoms. The molecule has 0 aliphatic carbocycles. The highest BCUT2D eigenvalue weighted by Gasteiger charge is 2.18. The van der Waals surface area contributed by atoms with Crippen LogP contribution in [0.4, 0.5) is 0 Å². The summed E-state index contributed by atoms with van der Waals surface area (Å²) in [4.78, 5) is 35.0. The third kappa shape index (κ3) is 5.46. The van der Waals surface area contributed by atoms with Gasteiger partial charge in [-0.3, -0.25) is 9.59 Å². The standard InChI is InChI=1S/C19H19NO5/c1-13(21)20-17(14-6-4-3-5-7-14)12-18(22)25-16-10-8-15(9-11-16)19(23)24-2/h3-11,17H,12H2,1-2H3,(H,20,21)/t17-/m0/s1. The molecule has 6 nitrogen and oxygen atoms in total. The van der Waals surface area contributed by atoms with Crippen molar-refractivity contribution >= 4 is 17.8 Å². The van der Waals surface area contributed by atoms with Crippen LogP contribution in [0, 0.1) is 0 Å². The average Bonchev–Trinajstić information content (AvgIpc) is 2.61. The molecule has 0 radical (unpaired) electrons. The quantitative estimate of drug-likeness (QED) is 0.645. The van der Waals surface area contributed by atoms with E-state index in [4.69, 9.17) is 4.74 Å². The molecule has 1 amide bonds. The zero-order valence-electron chi connectivity index (χ0n) is 14.0. The van der Waals surface area contributed by atoms with Crippen molar-refractivity contribution in [1.82, 2.24) is 5.32 Å². The summed E-state index contributed by atoms with van der Waals surface area (Å²) >= 11 is 0. The van der Waals surface area contributed by atoms with Gasteiger partial charge in [-0.25, -0.2) is 4.79 Å². The number of amides is 1. The van der Waals surface area contributed by atoms with Crippen LogP contribution >= 0.6 is 0 Å². The first kappa shape index (κ1) is 18.2. The molecule has 0 heterocycles. The van der Waals surface area contributed by atoms with Crippen molar-refractivity contribution in [1.29, 1.82) is 0 Å². The van der Waals surface area contributed by atoms with Gasteiger partial charge >= 0.3 is 11.9 Å². The summed E-state index contributed by atoms with van der Waals surface area (Å²) in [6.45, 7) is 1.40. The lowest BCUT2D eigenvalue weighted by atomic mass is 10.0. The van der Waals surface area contributed by atoms with Gasteiger partial charge in [-0.05, 0) is 29.8 Å². The maximum Gasteiger partial charge on any atom is 0.337 e. The number of esters is 2. The third-order valence-electron chi connectivity index (χ3n) is 3.46. The van der Waals surface area contributed by atoms with Gasteiger partial charge in [0.05, 0.1) is 25.1 Å². The average molecular weight is 341 g/mol. The Balaban J connectivity index is 2.03. The molecule has 0 saturated heterocycles. The fourth-order valence-corrected chi connectivity index (χ4v) is 2.30. The highest BCUT2D eigenvalue weighted by molar-refractivity contribution is 5.89. The molecule has 130 valence electrons. The van der Waals surface area contributed by atoms with E-state index in [0.29, 0.717) is 11.3 Å². The van der Waals surface area contributed by atoms with Gasteiger partial charge in [0.2, 0.25) is 5.91 Å². The van der Waals surface area contributed by atoms with E-state index in [0.717, 1.165) is 5.56 Å². The van der Waals surface area contributed by atoms with Crippen LogP contribution in [0.5, 0.6) is 5.75 Å². The molecule has 0 bridgehead atoms. The Labute approximate surface area is 145 Å². The third-order valence-corrected chi connectivity index (χ3v) is 3.46. The number of rotatable bonds is 6. The summed E-state index contributed by atoms with van der Waals surface area (Å²) in [5.74, 6) is -0.877. The zero-order valence-corrected chi connectivity index (χ0v) is 14.0. The number of nitrogens with one attached hydrogen (secondary N) is 1. The van der Waals surface area contributed by atoms with Crippen molar-refractivity contribution in [3.05, 3.63) is 65.7 Å². The minimum absolute atomic E-state index is 0.0116. The maximum atomic E-state index is 12.2. The van der Waals surface area contributed by atoms with Gasteiger partial charge in [-0.1, -0.05) is 30.3 Å². The van der Waals surface area contributed by atoms with Crippen LogP contribution in [0.15, 0.2) is 54.6 Å². The van der Waals surface area contributed by atoms with E-state index in [1.54, 1.807) is 0 Å². The number of ether oxygens (including phenoxy) is 2. The van der Waals surface area contributed by atoms with Crippen LogP contribution in [0.3, 0.4) is 0 Å². The van der Waals surface area contributed by atoms with E-state index in [-0.39, 0.29) is 12.3 Å². The van der Waals surface area contributed by atoms with Gasteiger partial charge in [0, 0.05) is 6.92 Å². The van der Waals surface area contributed by atoms with Crippen LogP contribution < -0.4 is 10.1 Å². The van der Waals surface area contributed by atoms with E-state index in [1.807, 2.05) is 30.3 Å². The first-order chi connectivity index (χ1) is 12.0. The van der Waals surface area contributed by atoms with E-state index in [9.17, 15) is 14.4 Å². The molecule has 2 aromatic carbocycles. The fourth-order valence-electron chi connectivity index (χ4n) is 2.30. The van der Waals surface area contributed by atoms with E-state index < -0.39 is 18.0 Å². The molecule has 2 rings (SSSR count). The second kappa shape index (κ2) is 8.63. The Morgan fingerprint density at radius 2 is 1.64 bits per heavy atom. The fraction of sp³-hybridized carbons (Fsp3) is 0.211. The van der Waals surface area contributed by atoms with Crippen molar-refractivity contribution < 1.29 is 23.9 Å². The normalized spacial score (nSPS) is 11.3. The van der Waals surface area contributed by atoms with Gasteiger partial charge in [-0.15, -0.1) is 0 Å². The number of hydrogen-bond donors (Lipinski definition) is 1. The number of carbonyl (C=O) groups is 3. The highest BCUT2D eigenvalue weighted by Crippen LogP contribution is 2.19. The van der Waals surface area contributed by atoms with E-state index >= 15 is 0 Å². The predicted octanol–water partition coefficient (Wildman–Crippen LogP) is 2.65. The zero-order chi connectivity index (χ0) is 18.2. The first-order valence-electron chi connectivity index (χ1n) is 7.70. The van der Waals surface area contributed by atoms with Gasteiger partial charge in [0.15, 0.2) is 0 Å². The summed E-state index contributed by atoms with van der Waals surface area (Å²) in [7, 11) is 1.29. The maximum absolute atomic E-state index is 12.2. The molecule has 1 atom stereocenters. The Kier molecular flexibility index (Phi) is 6.28. The highest BCUT2D eigenvalue weighted by atomic mass is 16.5. The lowest BCUT2D eigenvalue weighted by molar-refractivity contribution is -0.135. The first-order valence-corrected chi connectivity index (χ1v) is 7.70. The van der Waals surface area contributed by atoms with Crippen LogP contribution in [0.1, 0.15) is 35.3 Å². The molecule has 1 N–H and O–H groups in total. The minimum Gasteiger partial charge on any atom is -0.465 e. The smallest absolute Gasteiger partial charge is 0.337 e. The van der Waals surface area contributed by atoms with Crippen molar-refractivity contribution in [2.24, 2.45) is 0 Å². The topological polar surface area (TPSA) is 81.7 Å². The summed E-state index contributed by atoms with van der Waals surface area (Å²) < 4.78 is 9.88. The van der Waals surface area contributed by atoms with Crippen molar-refractivity contribution in [2.75, 3.05) is 7.11 Å². The largest absolute Gasteiger partial charge is 0.465 e. The molecular weight excluding hydrogens is 322 g/mol. The molecule has 0 spiro atoms. The van der Waals surface area contributed by atoms with Gasteiger partial charge < -0.3 is 14.8 Å². The molecular formula is C19H19NO5. The van der Waals surface area contributed by atoms with Gasteiger partial charge in [-0.2, -0.15) is 0 Å².